The molecule has 2 amide bonds. The van der Waals surface area contributed by atoms with E-state index in [0.717, 1.165) is 11.8 Å². The molecule has 0 aromatic heterocycles. The lowest BCUT2D eigenvalue weighted by Gasteiger charge is -2.30. The number of thioether (sulfide) groups is 1. The fourth-order valence-electron chi connectivity index (χ4n) is 2.80. The van der Waals surface area contributed by atoms with Crippen molar-refractivity contribution in [3.8, 4) is 0 Å². The first-order valence-electron chi connectivity index (χ1n) is 8.63. The van der Waals surface area contributed by atoms with E-state index >= 15 is 0 Å². The van der Waals surface area contributed by atoms with Crippen LogP contribution in [0.25, 0.3) is 0 Å². The van der Waals surface area contributed by atoms with Crippen LogP contribution in [-0.2, 0) is 19.1 Å². The zero-order valence-electron chi connectivity index (χ0n) is 15.4. The summed E-state index contributed by atoms with van der Waals surface area (Å²) in [4.78, 5) is 48.8. The minimum Gasteiger partial charge on any atom is -0.452 e. The Balaban J connectivity index is 1.62. The molecule has 0 radical (unpaired) electrons. The molecule has 0 aliphatic carbocycles. The molecule has 2 aromatic carbocycles. The smallest absolute Gasteiger partial charge is 0.317 e. The molecular weight excluding hydrogens is 398 g/mol. The molecule has 1 aliphatic rings. The van der Waals surface area contributed by atoms with Crippen molar-refractivity contribution >= 4 is 46.6 Å². The highest BCUT2D eigenvalue weighted by molar-refractivity contribution is 8.00. The molecule has 1 atom stereocenters. The number of nitrogens with zero attached hydrogens (tertiary/aromatic N) is 2. The van der Waals surface area contributed by atoms with Crippen LogP contribution in [-0.4, -0.2) is 41.1 Å². The summed E-state index contributed by atoms with van der Waals surface area (Å²) in [5, 5.41) is 13.7. The normalized spacial score (nSPS) is 13.8. The number of nitrogens with one attached hydrogen (secondary N) is 1. The molecule has 0 bridgehead atoms. The largest absolute Gasteiger partial charge is 0.452 e. The fraction of sp³-hybridized carbons (Fsp3) is 0.211. The van der Waals surface area contributed by atoms with E-state index in [4.69, 9.17) is 4.74 Å². The lowest BCUT2D eigenvalue weighted by molar-refractivity contribution is -0.387. The number of fused-ring (bicyclic) bond motifs is 1. The predicted molar refractivity (Wildman–Crippen MR) is 107 cm³/mol. The average Bonchev–Trinajstić information content (AvgIpc) is 2.71. The third kappa shape index (κ3) is 4.72. The highest BCUT2D eigenvalue weighted by Crippen LogP contribution is 2.30. The molecule has 29 heavy (non-hydrogen) atoms. The van der Waals surface area contributed by atoms with Gasteiger partial charge in [0.15, 0.2) is 6.10 Å². The second kappa shape index (κ2) is 8.74. The fourth-order valence-corrected chi connectivity index (χ4v) is 3.60. The molecule has 1 aliphatic heterocycles. The molecule has 0 unspecified atom stereocenters. The van der Waals surface area contributed by atoms with Gasteiger partial charge in [-0.05, 0) is 25.1 Å². The van der Waals surface area contributed by atoms with E-state index in [2.05, 4.69) is 5.32 Å². The van der Waals surface area contributed by atoms with Crippen molar-refractivity contribution in [2.75, 3.05) is 22.5 Å². The van der Waals surface area contributed by atoms with Crippen LogP contribution in [0.5, 0.6) is 0 Å². The minimum atomic E-state index is -1.12. The molecule has 1 N–H and O–H groups in total. The quantitative estimate of drug-likeness (QED) is 0.333. The number of hydrogen-bond acceptors (Lipinski definition) is 7. The number of benzene rings is 2. The van der Waals surface area contributed by atoms with Crippen LogP contribution in [0.3, 0.4) is 0 Å². The van der Waals surface area contributed by atoms with Gasteiger partial charge in [0.05, 0.1) is 26.9 Å². The third-order valence-electron chi connectivity index (χ3n) is 4.10. The molecule has 150 valence electrons. The molecule has 1 heterocycles. The van der Waals surface area contributed by atoms with Gasteiger partial charge in [0, 0.05) is 6.07 Å². The van der Waals surface area contributed by atoms with Crippen molar-refractivity contribution in [2.24, 2.45) is 0 Å². The lowest BCUT2D eigenvalue weighted by Crippen LogP contribution is -2.47. The Bertz CT molecular complexity index is 980. The molecule has 2 aromatic rings. The van der Waals surface area contributed by atoms with Crippen LogP contribution in [0.4, 0.5) is 17.1 Å². The van der Waals surface area contributed by atoms with E-state index < -0.39 is 22.9 Å². The first-order chi connectivity index (χ1) is 13.9. The van der Waals surface area contributed by atoms with E-state index in [1.807, 2.05) is 0 Å². The maximum absolute atomic E-state index is 12.7. The van der Waals surface area contributed by atoms with E-state index in [9.17, 15) is 24.5 Å². The summed E-state index contributed by atoms with van der Waals surface area (Å²) < 4.78 is 5.19. The topological polar surface area (TPSA) is 119 Å². The standard InChI is InChI=1S/C19H17N3O6S/c1-12(19(25)21-10-17(23)20-13-6-2-3-7-14(13)21)28-18(24)11-29-16-9-5-4-8-15(16)22(26)27/h2-9,12H,10-11H2,1H3,(H,20,23)/t12-/m0/s1. The molecule has 10 heteroatoms. The Morgan fingerprint density at radius 2 is 1.93 bits per heavy atom. The Hall–Kier alpha value is -3.40. The Morgan fingerprint density at radius 3 is 2.69 bits per heavy atom. The van der Waals surface area contributed by atoms with Crippen LogP contribution < -0.4 is 10.2 Å². The van der Waals surface area contributed by atoms with Gasteiger partial charge in [0.2, 0.25) is 5.91 Å². The van der Waals surface area contributed by atoms with Crippen molar-refractivity contribution in [1.29, 1.82) is 0 Å². The van der Waals surface area contributed by atoms with E-state index in [1.165, 1.54) is 30.0 Å². The summed E-state index contributed by atoms with van der Waals surface area (Å²) in [5.74, 6) is -1.76. The van der Waals surface area contributed by atoms with Gasteiger partial charge >= 0.3 is 5.97 Å². The number of amides is 2. The van der Waals surface area contributed by atoms with Crippen molar-refractivity contribution in [1.82, 2.24) is 0 Å². The van der Waals surface area contributed by atoms with Crippen molar-refractivity contribution in [3.63, 3.8) is 0 Å². The summed E-state index contributed by atoms with van der Waals surface area (Å²) in [6, 6.07) is 12.9. The van der Waals surface area contributed by atoms with Crippen LogP contribution >= 0.6 is 11.8 Å². The van der Waals surface area contributed by atoms with Gasteiger partial charge in [-0.25, -0.2) is 0 Å². The van der Waals surface area contributed by atoms with Crippen LogP contribution in [0.2, 0.25) is 0 Å². The summed E-state index contributed by atoms with van der Waals surface area (Å²) in [5.41, 5.74) is 0.919. The lowest BCUT2D eigenvalue weighted by atomic mass is 10.1. The molecular formula is C19H17N3O6S. The molecule has 0 spiro atoms. The number of para-hydroxylation sites is 3. The molecule has 0 saturated heterocycles. The molecule has 0 saturated carbocycles. The summed E-state index contributed by atoms with van der Waals surface area (Å²) >= 11 is 0.957. The van der Waals surface area contributed by atoms with Crippen LogP contribution in [0.15, 0.2) is 53.4 Å². The zero-order valence-corrected chi connectivity index (χ0v) is 16.2. The Morgan fingerprint density at radius 1 is 1.24 bits per heavy atom. The van der Waals surface area contributed by atoms with Gasteiger partial charge in [-0.2, -0.15) is 0 Å². The molecule has 9 nitrogen and oxygen atoms in total. The number of hydrogen-bond donors (Lipinski definition) is 1. The van der Waals surface area contributed by atoms with Gasteiger partial charge in [-0.1, -0.05) is 24.3 Å². The number of carbonyl (C=O) groups excluding carboxylic acids is 3. The second-order valence-electron chi connectivity index (χ2n) is 6.14. The highest BCUT2D eigenvalue weighted by atomic mass is 32.2. The van der Waals surface area contributed by atoms with Crippen molar-refractivity contribution in [2.45, 2.75) is 17.9 Å². The first-order valence-corrected chi connectivity index (χ1v) is 9.61. The van der Waals surface area contributed by atoms with E-state index in [-0.39, 0.29) is 23.9 Å². The first kappa shape index (κ1) is 20.3. The Labute approximate surface area is 170 Å². The number of ether oxygens (including phenoxy) is 1. The van der Waals surface area contributed by atoms with E-state index in [0.29, 0.717) is 16.3 Å². The number of esters is 1. The maximum atomic E-state index is 12.7. The van der Waals surface area contributed by atoms with Crippen molar-refractivity contribution < 1.29 is 24.0 Å². The van der Waals surface area contributed by atoms with Crippen LogP contribution in [0.1, 0.15) is 6.92 Å². The van der Waals surface area contributed by atoms with E-state index in [1.54, 1.807) is 30.3 Å². The summed E-state index contributed by atoms with van der Waals surface area (Å²) in [7, 11) is 0. The SMILES string of the molecule is C[C@H](OC(=O)CSc1ccccc1[N+](=O)[O-])C(=O)N1CC(=O)Nc2ccccc21. The van der Waals surface area contributed by atoms with Gasteiger partial charge in [0.25, 0.3) is 11.6 Å². The molecule has 0 fully saturated rings. The van der Waals surface area contributed by atoms with Crippen LogP contribution in [0, 0.1) is 10.1 Å². The van der Waals surface area contributed by atoms with Gasteiger partial charge < -0.3 is 10.1 Å². The zero-order chi connectivity index (χ0) is 21.0. The number of nitro groups is 1. The average molecular weight is 415 g/mol. The van der Waals surface area contributed by atoms with Crippen molar-refractivity contribution in [3.05, 3.63) is 58.6 Å². The second-order valence-corrected chi connectivity index (χ2v) is 7.15. The predicted octanol–water partition coefficient (Wildman–Crippen LogP) is 2.60. The number of nitro benzene ring substituents is 1. The minimum absolute atomic E-state index is 0.106. The van der Waals surface area contributed by atoms with Gasteiger partial charge in [-0.3, -0.25) is 29.4 Å². The molecule has 3 rings (SSSR count). The van der Waals surface area contributed by atoms with Gasteiger partial charge in [0.1, 0.15) is 6.54 Å². The number of anilines is 2. The summed E-state index contributed by atoms with van der Waals surface area (Å²) in [6.07, 6.45) is -1.12. The third-order valence-corrected chi connectivity index (χ3v) is 5.14. The highest BCUT2D eigenvalue weighted by Gasteiger charge is 2.31. The maximum Gasteiger partial charge on any atom is 0.317 e. The monoisotopic (exact) mass is 415 g/mol. The Kier molecular flexibility index (Phi) is 6.13. The number of rotatable bonds is 6. The van der Waals surface area contributed by atoms with Gasteiger partial charge in [-0.15, -0.1) is 11.8 Å². The number of carbonyl (C=O) groups is 3. The summed E-state index contributed by atoms with van der Waals surface area (Å²) in [6.45, 7) is 1.24.